The number of rotatable bonds is 9. The molecule has 0 aromatic rings. The Hall–Kier alpha value is 0.150. The zero-order valence-corrected chi connectivity index (χ0v) is 9.42. The highest BCUT2D eigenvalue weighted by Gasteiger charge is 1.93. The van der Waals surface area contributed by atoms with E-state index in [0.29, 0.717) is 6.61 Å². The number of hydrogen-bond acceptors (Lipinski definition) is 2. The highest BCUT2D eigenvalue weighted by molar-refractivity contribution is 7.32. The predicted octanol–water partition coefficient (Wildman–Crippen LogP) is 3.14. The summed E-state index contributed by atoms with van der Waals surface area (Å²) in [6.07, 6.45) is 8.42. The van der Waals surface area contributed by atoms with Crippen molar-refractivity contribution in [2.75, 3.05) is 6.61 Å². The van der Waals surface area contributed by atoms with Gasteiger partial charge >= 0.3 is 8.25 Å². The van der Waals surface area contributed by atoms with E-state index in [-0.39, 0.29) is 0 Å². The molecule has 0 fully saturated rings. The van der Waals surface area contributed by atoms with E-state index in [9.17, 15) is 4.57 Å². The molecule has 1 atom stereocenters. The monoisotopic (exact) mass is 208 g/mol. The minimum atomic E-state index is -2.69. The van der Waals surface area contributed by atoms with Crippen LogP contribution in [0, 0.1) is 0 Å². The fraction of sp³-hybridized carbons (Fsp3) is 1.00. The first-order chi connectivity index (χ1) is 6.27. The van der Waals surface area contributed by atoms with Gasteiger partial charge in [0.05, 0.1) is 6.61 Å². The van der Waals surface area contributed by atoms with Crippen molar-refractivity contribution >= 4 is 8.25 Å². The van der Waals surface area contributed by atoms with E-state index >= 15 is 0 Å². The maximum absolute atomic E-state index is 10.1. The molecular weight excluding hydrogens is 187 g/mol. The maximum Gasteiger partial charge on any atom is 0.316 e. The molecule has 0 heterocycles. The summed E-state index contributed by atoms with van der Waals surface area (Å²) in [4.78, 5) is 8.35. The molecule has 0 bridgehead atoms. The van der Waals surface area contributed by atoms with Gasteiger partial charge in [-0.15, -0.1) is 0 Å². The van der Waals surface area contributed by atoms with Crippen molar-refractivity contribution < 1.29 is 14.0 Å². The first-order valence-electron chi connectivity index (χ1n) is 5.13. The average Bonchev–Trinajstić information content (AvgIpc) is 2.09. The maximum atomic E-state index is 10.1. The van der Waals surface area contributed by atoms with Gasteiger partial charge < -0.3 is 9.42 Å². The third kappa shape index (κ3) is 12.1. The van der Waals surface area contributed by atoms with Crippen LogP contribution in [0.25, 0.3) is 0 Å². The van der Waals surface area contributed by atoms with E-state index in [1.807, 2.05) is 0 Å². The van der Waals surface area contributed by atoms with E-state index in [2.05, 4.69) is 11.4 Å². The molecule has 0 aliphatic heterocycles. The van der Waals surface area contributed by atoms with Gasteiger partial charge in [0.25, 0.3) is 0 Å². The second kappa shape index (κ2) is 10.2. The smallest absolute Gasteiger partial charge is 0.316 e. The first kappa shape index (κ1) is 13.2. The predicted molar refractivity (Wildman–Crippen MR) is 55.2 cm³/mol. The van der Waals surface area contributed by atoms with Crippen molar-refractivity contribution in [1.29, 1.82) is 0 Å². The van der Waals surface area contributed by atoms with Crippen LogP contribution in [0.1, 0.15) is 51.9 Å². The van der Waals surface area contributed by atoms with Crippen LogP contribution in [-0.2, 0) is 9.09 Å². The van der Waals surface area contributed by atoms with Gasteiger partial charge in [-0.2, -0.15) is 0 Å². The summed E-state index contributed by atoms with van der Waals surface area (Å²) in [5, 5.41) is 0. The van der Waals surface area contributed by atoms with Crippen LogP contribution in [-0.4, -0.2) is 11.5 Å². The highest BCUT2D eigenvalue weighted by atomic mass is 31.1. The van der Waals surface area contributed by atoms with Crippen molar-refractivity contribution in [3.8, 4) is 0 Å². The molecule has 0 aliphatic carbocycles. The molecule has 0 aromatic heterocycles. The Morgan fingerprint density at radius 3 is 2.15 bits per heavy atom. The van der Waals surface area contributed by atoms with Gasteiger partial charge in [0, 0.05) is 0 Å². The molecule has 0 radical (unpaired) electrons. The molecule has 4 heteroatoms. The van der Waals surface area contributed by atoms with E-state index in [0.717, 1.165) is 12.8 Å². The van der Waals surface area contributed by atoms with Crippen LogP contribution >= 0.6 is 8.25 Å². The topological polar surface area (TPSA) is 46.5 Å². The van der Waals surface area contributed by atoms with Crippen LogP contribution < -0.4 is 0 Å². The number of hydrogen-bond donors (Lipinski definition) is 1. The third-order valence-corrected chi connectivity index (χ3v) is 2.42. The van der Waals surface area contributed by atoms with E-state index in [1.165, 1.54) is 32.1 Å². The largest absolute Gasteiger partial charge is 0.326 e. The van der Waals surface area contributed by atoms with Gasteiger partial charge in [-0.05, 0) is 6.42 Å². The SMILES string of the molecule is CCCCCCCCCO[PH](=O)O. The lowest BCUT2D eigenvalue weighted by molar-refractivity contribution is 0.273. The second-order valence-corrected chi connectivity index (χ2v) is 4.06. The molecule has 0 amide bonds. The zero-order chi connectivity index (χ0) is 9.94. The van der Waals surface area contributed by atoms with Crippen LogP contribution in [0.4, 0.5) is 0 Å². The zero-order valence-electron chi connectivity index (χ0n) is 8.42. The van der Waals surface area contributed by atoms with Crippen molar-refractivity contribution in [3.05, 3.63) is 0 Å². The summed E-state index contributed by atoms with van der Waals surface area (Å²) in [6, 6.07) is 0. The Balaban J connectivity index is 2.87. The molecular formula is C9H21O3P. The lowest BCUT2D eigenvalue weighted by Gasteiger charge is -2.00. The molecule has 3 nitrogen and oxygen atoms in total. The van der Waals surface area contributed by atoms with Gasteiger partial charge in [0.1, 0.15) is 0 Å². The molecule has 0 aromatic carbocycles. The Morgan fingerprint density at radius 1 is 1.08 bits per heavy atom. The Labute approximate surface area is 81.4 Å². The molecule has 1 N–H and O–H groups in total. The van der Waals surface area contributed by atoms with Crippen LogP contribution in [0.5, 0.6) is 0 Å². The summed E-state index contributed by atoms with van der Waals surface area (Å²) >= 11 is 0. The lowest BCUT2D eigenvalue weighted by atomic mass is 10.1. The molecule has 1 unspecified atom stereocenters. The highest BCUT2D eigenvalue weighted by Crippen LogP contribution is 2.15. The van der Waals surface area contributed by atoms with Gasteiger partial charge in [0.2, 0.25) is 0 Å². The van der Waals surface area contributed by atoms with Gasteiger partial charge in [-0.1, -0.05) is 45.4 Å². The average molecular weight is 208 g/mol. The van der Waals surface area contributed by atoms with E-state index in [4.69, 9.17) is 4.89 Å². The molecule has 0 rings (SSSR count). The summed E-state index contributed by atoms with van der Waals surface area (Å²) < 4.78 is 14.7. The summed E-state index contributed by atoms with van der Waals surface area (Å²) in [5.74, 6) is 0. The van der Waals surface area contributed by atoms with Crippen LogP contribution in [0.2, 0.25) is 0 Å². The molecule has 0 aliphatic rings. The van der Waals surface area contributed by atoms with Crippen molar-refractivity contribution in [2.45, 2.75) is 51.9 Å². The number of unbranched alkanes of at least 4 members (excludes halogenated alkanes) is 6. The fourth-order valence-electron chi connectivity index (χ4n) is 1.22. The molecule has 80 valence electrons. The van der Waals surface area contributed by atoms with Gasteiger partial charge in [-0.25, -0.2) is 0 Å². The quantitative estimate of drug-likeness (QED) is 0.467. The van der Waals surface area contributed by atoms with E-state index in [1.54, 1.807) is 0 Å². The van der Waals surface area contributed by atoms with E-state index < -0.39 is 8.25 Å². The molecule has 0 saturated heterocycles. The van der Waals surface area contributed by atoms with Gasteiger partial charge in [0.15, 0.2) is 0 Å². The fourth-order valence-corrected chi connectivity index (χ4v) is 1.54. The Morgan fingerprint density at radius 2 is 1.62 bits per heavy atom. The minimum absolute atomic E-state index is 0.433. The first-order valence-corrected chi connectivity index (χ1v) is 6.39. The lowest BCUT2D eigenvalue weighted by Crippen LogP contribution is -1.87. The Kier molecular flexibility index (Phi) is 10.4. The van der Waals surface area contributed by atoms with Crippen molar-refractivity contribution in [3.63, 3.8) is 0 Å². The van der Waals surface area contributed by atoms with Crippen LogP contribution in [0.3, 0.4) is 0 Å². The summed E-state index contributed by atoms with van der Waals surface area (Å²) in [5.41, 5.74) is 0. The van der Waals surface area contributed by atoms with Crippen molar-refractivity contribution in [2.24, 2.45) is 0 Å². The van der Waals surface area contributed by atoms with Crippen molar-refractivity contribution in [1.82, 2.24) is 0 Å². The van der Waals surface area contributed by atoms with Gasteiger partial charge in [-0.3, -0.25) is 4.57 Å². The molecule has 0 saturated carbocycles. The third-order valence-electron chi connectivity index (χ3n) is 1.97. The summed E-state index contributed by atoms with van der Waals surface area (Å²) in [7, 11) is -2.69. The second-order valence-electron chi connectivity index (χ2n) is 3.24. The minimum Gasteiger partial charge on any atom is -0.326 e. The molecule has 0 spiro atoms. The van der Waals surface area contributed by atoms with Crippen LogP contribution in [0.15, 0.2) is 0 Å². The molecule has 13 heavy (non-hydrogen) atoms. The standard InChI is InChI=1S/C9H21O3P/c1-2-3-4-5-6-7-8-9-12-13(10)11/h13H,2-9H2,1H3,(H,10,11). The summed E-state index contributed by atoms with van der Waals surface area (Å²) in [6.45, 7) is 2.63. The normalized spacial score (nSPS) is 13.1. The Bertz CT molecular complexity index is 128.